The van der Waals surface area contributed by atoms with Crippen LogP contribution in [0.25, 0.3) is 0 Å². The molecule has 6 nitrogen and oxygen atoms in total. The quantitative estimate of drug-likeness (QED) is 0.519. The third-order valence-corrected chi connectivity index (χ3v) is 5.95. The van der Waals surface area contributed by atoms with Crippen molar-refractivity contribution in [1.29, 1.82) is 0 Å². The number of halogens is 3. The molecule has 1 aromatic heterocycles. The summed E-state index contributed by atoms with van der Waals surface area (Å²) in [6, 6.07) is 11.6. The number of rotatable bonds is 4. The van der Waals surface area contributed by atoms with Crippen LogP contribution in [0, 0.1) is 12.7 Å². The highest BCUT2D eigenvalue weighted by molar-refractivity contribution is 9.10. The molecule has 1 unspecified atom stereocenters. The van der Waals surface area contributed by atoms with E-state index in [1.54, 1.807) is 11.0 Å². The average molecular weight is 493 g/mol. The van der Waals surface area contributed by atoms with Gasteiger partial charge in [-0.3, -0.25) is 0 Å². The van der Waals surface area contributed by atoms with E-state index in [1.165, 1.54) is 12.1 Å². The highest BCUT2D eigenvalue weighted by Gasteiger charge is 2.34. The highest BCUT2D eigenvalue weighted by Crippen LogP contribution is 2.32. The summed E-state index contributed by atoms with van der Waals surface area (Å²) in [6.07, 6.45) is 1.61. The molecule has 0 saturated carbocycles. The minimum Gasteiger partial charge on any atom is -0.314 e. The molecule has 9 heteroatoms. The van der Waals surface area contributed by atoms with E-state index < -0.39 is 5.82 Å². The lowest BCUT2D eigenvalue weighted by atomic mass is 10.2. The van der Waals surface area contributed by atoms with E-state index in [9.17, 15) is 9.18 Å². The molecule has 1 fully saturated rings. The lowest BCUT2D eigenvalue weighted by Crippen LogP contribution is -2.36. The minimum atomic E-state index is -0.491. The number of carbonyl (C=O) groups excluding carboxylic acids is 1. The van der Waals surface area contributed by atoms with Crippen molar-refractivity contribution < 1.29 is 9.18 Å². The molecule has 2 aromatic carbocycles. The second-order valence-corrected chi connectivity index (χ2v) is 8.58. The number of benzene rings is 2. The van der Waals surface area contributed by atoms with Gasteiger partial charge in [-0.05, 0) is 55.7 Å². The molecule has 0 radical (unpaired) electrons. The summed E-state index contributed by atoms with van der Waals surface area (Å²) in [5, 5.41) is 12.0. The zero-order valence-electron chi connectivity index (χ0n) is 16.3. The Kier molecular flexibility index (Phi) is 6.06. The van der Waals surface area contributed by atoms with Crippen molar-refractivity contribution in [1.82, 2.24) is 19.7 Å². The molecule has 0 bridgehead atoms. The number of hydrogen-bond acceptors (Lipinski definition) is 3. The fourth-order valence-corrected chi connectivity index (χ4v) is 4.13. The van der Waals surface area contributed by atoms with Gasteiger partial charge in [-0.2, -0.15) is 0 Å². The van der Waals surface area contributed by atoms with Crippen molar-refractivity contribution in [2.45, 2.75) is 32.4 Å². The highest BCUT2D eigenvalue weighted by atomic mass is 79.9. The molecule has 1 N–H and O–H groups in total. The Morgan fingerprint density at radius 3 is 2.77 bits per heavy atom. The molecule has 1 atom stereocenters. The first-order valence-electron chi connectivity index (χ1n) is 9.59. The summed E-state index contributed by atoms with van der Waals surface area (Å²) in [4.78, 5) is 14.6. The Labute approximate surface area is 187 Å². The van der Waals surface area contributed by atoms with Crippen molar-refractivity contribution in [3.63, 3.8) is 0 Å². The normalized spacial score (nSPS) is 16.1. The van der Waals surface area contributed by atoms with Crippen LogP contribution in [-0.2, 0) is 6.54 Å². The fourth-order valence-electron chi connectivity index (χ4n) is 3.67. The summed E-state index contributed by atoms with van der Waals surface area (Å²) in [7, 11) is 0. The molecule has 1 aliphatic rings. The molecular weight excluding hydrogens is 473 g/mol. The number of nitrogens with zero attached hydrogens (tertiary/aromatic N) is 4. The van der Waals surface area contributed by atoms with Crippen LogP contribution in [0.5, 0.6) is 0 Å². The van der Waals surface area contributed by atoms with Crippen molar-refractivity contribution in [3.05, 3.63) is 75.0 Å². The zero-order valence-corrected chi connectivity index (χ0v) is 18.6. The van der Waals surface area contributed by atoms with Crippen LogP contribution in [0.1, 0.15) is 36.1 Å². The lowest BCUT2D eigenvalue weighted by molar-refractivity contribution is 0.203. The number of urea groups is 1. The van der Waals surface area contributed by atoms with Gasteiger partial charge in [0.2, 0.25) is 0 Å². The fraction of sp³-hybridized carbons (Fsp3) is 0.286. The van der Waals surface area contributed by atoms with E-state index in [0.717, 1.165) is 30.1 Å². The first-order valence-corrected chi connectivity index (χ1v) is 10.8. The van der Waals surface area contributed by atoms with Crippen LogP contribution in [0.4, 0.5) is 14.9 Å². The standard InChI is InChI=1S/C21H20BrClFN5O/c1-13-26-27-20(29(13)12-14-4-7-16(23)8-5-14)19-3-2-10-28(19)21(30)25-18-9-6-15(22)11-17(18)24/h4-9,11,19H,2-3,10,12H2,1H3,(H,25,30). The third-order valence-electron chi connectivity index (χ3n) is 5.20. The third kappa shape index (κ3) is 4.34. The van der Waals surface area contributed by atoms with Crippen molar-refractivity contribution >= 4 is 39.2 Å². The Hall–Kier alpha value is -2.45. The van der Waals surface area contributed by atoms with Crippen molar-refractivity contribution in [2.24, 2.45) is 0 Å². The number of carbonyl (C=O) groups is 1. The second-order valence-electron chi connectivity index (χ2n) is 7.22. The van der Waals surface area contributed by atoms with Crippen molar-refractivity contribution in [2.75, 3.05) is 11.9 Å². The number of aryl methyl sites for hydroxylation is 1. The molecular formula is C21H20BrClFN5O. The topological polar surface area (TPSA) is 63.1 Å². The molecule has 1 saturated heterocycles. The zero-order chi connectivity index (χ0) is 21.3. The lowest BCUT2D eigenvalue weighted by Gasteiger charge is -2.25. The average Bonchev–Trinajstić information content (AvgIpc) is 3.33. The molecule has 3 aromatic rings. The Bertz CT molecular complexity index is 1070. The maximum absolute atomic E-state index is 14.2. The Morgan fingerprint density at radius 2 is 2.03 bits per heavy atom. The smallest absolute Gasteiger partial charge is 0.314 e. The minimum absolute atomic E-state index is 0.146. The van der Waals surface area contributed by atoms with Crippen LogP contribution in [0.2, 0.25) is 5.02 Å². The maximum Gasteiger partial charge on any atom is 0.322 e. The van der Waals surface area contributed by atoms with E-state index in [0.29, 0.717) is 22.6 Å². The summed E-state index contributed by atoms with van der Waals surface area (Å²) in [6.45, 7) is 3.04. The van der Waals surface area contributed by atoms with Gasteiger partial charge in [-0.1, -0.05) is 39.7 Å². The van der Waals surface area contributed by atoms with Gasteiger partial charge in [-0.25, -0.2) is 9.18 Å². The first-order chi connectivity index (χ1) is 14.4. The number of anilines is 1. The second kappa shape index (κ2) is 8.73. The molecule has 4 rings (SSSR count). The predicted molar refractivity (Wildman–Crippen MR) is 117 cm³/mol. The largest absolute Gasteiger partial charge is 0.322 e. The van der Waals surface area contributed by atoms with E-state index in [1.807, 2.05) is 35.8 Å². The number of aromatic nitrogens is 3. The van der Waals surface area contributed by atoms with Gasteiger partial charge in [0.15, 0.2) is 5.82 Å². The Morgan fingerprint density at radius 1 is 1.27 bits per heavy atom. The SMILES string of the molecule is Cc1nnc(C2CCCN2C(=O)Nc2ccc(Br)cc2F)n1Cc1ccc(Cl)cc1. The number of likely N-dealkylation sites (tertiary alicyclic amines) is 1. The number of nitrogens with one attached hydrogen (secondary N) is 1. The van der Waals surface area contributed by atoms with Gasteiger partial charge >= 0.3 is 6.03 Å². The van der Waals surface area contributed by atoms with Gasteiger partial charge in [0.25, 0.3) is 0 Å². The van der Waals surface area contributed by atoms with Gasteiger partial charge in [0.05, 0.1) is 18.3 Å². The summed E-state index contributed by atoms with van der Waals surface area (Å²) < 4.78 is 16.8. The molecule has 30 heavy (non-hydrogen) atoms. The van der Waals surface area contributed by atoms with Gasteiger partial charge in [0.1, 0.15) is 11.6 Å². The molecule has 1 aliphatic heterocycles. The van der Waals surface area contributed by atoms with Gasteiger partial charge in [-0.15, -0.1) is 10.2 Å². The van der Waals surface area contributed by atoms with Crippen LogP contribution < -0.4 is 5.32 Å². The van der Waals surface area contributed by atoms with Crippen molar-refractivity contribution in [3.8, 4) is 0 Å². The van der Waals surface area contributed by atoms with Crippen LogP contribution >= 0.6 is 27.5 Å². The Balaban J connectivity index is 1.56. The van der Waals surface area contributed by atoms with E-state index in [-0.39, 0.29) is 17.8 Å². The van der Waals surface area contributed by atoms with Crippen LogP contribution in [0.15, 0.2) is 46.9 Å². The molecule has 156 valence electrons. The first kappa shape index (κ1) is 20.8. The van der Waals surface area contributed by atoms with E-state index in [2.05, 4.69) is 31.4 Å². The summed E-state index contributed by atoms with van der Waals surface area (Å²) >= 11 is 9.21. The summed E-state index contributed by atoms with van der Waals surface area (Å²) in [5.41, 5.74) is 1.21. The van der Waals surface area contributed by atoms with E-state index >= 15 is 0 Å². The van der Waals surface area contributed by atoms with E-state index in [4.69, 9.17) is 11.6 Å². The molecule has 0 spiro atoms. The summed E-state index contributed by atoms with van der Waals surface area (Å²) in [5.74, 6) is 1.01. The molecule has 0 aliphatic carbocycles. The monoisotopic (exact) mass is 491 g/mol. The predicted octanol–water partition coefficient (Wildman–Crippen LogP) is 5.56. The number of amides is 2. The van der Waals surface area contributed by atoms with Crippen LogP contribution in [0.3, 0.4) is 0 Å². The maximum atomic E-state index is 14.2. The number of hydrogen-bond donors (Lipinski definition) is 1. The van der Waals surface area contributed by atoms with Gasteiger partial charge in [0, 0.05) is 16.0 Å². The van der Waals surface area contributed by atoms with Crippen LogP contribution in [-0.4, -0.2) is 32.2 Å². The van der Waals surface area contributed by atoms with Gasteiger partial charge < -0.3 is 14.8 Å². The molecule has 2 amide bonds. The molecule has 2 heterocycles.